The van der Waals surface area contributed by atoms with E-state index < -0.39 is 11.5 Å². The van der Waals surface area contributed by atoms with E-state index >= 15 is 0 Å². The first-order valence-corrected chi connectivity index (χ1v) is 15.6. The van der Waals surface area contributed by atoms with Crippen LogP contribution in [0.25, 0.3) is 0 Å². The van der Waals surface area contributed by atoms with Crippen LogP contribution >= 0.6 is 12.1 Å². The Hall–Kier alpha value is -2.07. The third kappa shape index (κ3) is 14.6. The molecule has 1 aromatic rings. The van der Waals surface area contributed by atoms with Gasteiger partial charge in [-0.05, 0) is 82.9 Å². The van der Waals surface area contributed by atoms with Gasteiger partial charge in [0.15, 0.2) is 0 Å². The third-order valence-electron chi connectivity index (χ3n) is 6.62. The molecule has 0 bridgehead atoms. The zero-order chi connectivity index (χ0) is 30.8. The number of halogens is 2. The van der Waals surface area contributed by atoms with Crippen molar-refractivity contribution in [1.29, 1.82) is 0 Å². The number of hydrogen-bond acceptors (Lipinski definition) is 7. The molecule has 1 fully saturated rings. The van der Waals surface area contributed by atoms with Crippen LogP contribution in [0.4, 0.5) is 30.6 Å². The van der Waals surface area contributed by atoms with E-state index in [2.05, 4.69) is 59.1 Å². The fourth-order valence-corrected chi connectivity index (χ4v) is 5.41. The van der Waals surface area contributed by atoms with Crippen LogP contribution in [-0.2, 0) is 4.74 Å². The van der Waals surface area contributed by atoms with Crippen LogP contribution in [0.5, 0.6) is 0 Å². The number of rotatable bonds is 13. The number of carbonyl (C=O) groups is 1. The highest BCUT2D eigenvalue weighted by Gasteiger charge is 2.25. The quantitative estimate of drug-likeness (QED) is 0.175. The first kappa shape index (κ1) is 35.1. The van der Waals surface area contributed by atoms with Gasteiger partial charge < -0.3 is 19.7 Å². The highest BCUT2D eigenvalue weighted by molar-refractivity contribution is 7.98. The molecule has 0 saturated carbocycles. The molecule has 2 N–H and O–H groups in total. The van der Waals surface area contributed by atoms with Crippen LogP contribution in [0, 0.1) is 11.3 Å². The summed E-state index contributed by atoms with van der Waals surface area (Å²) >= 11 is 1.66. The van der Waals surface area contributed by atoms with Crippen LogP contribution in [0.2, 0.25) is 0 Å². The fraction of sp³-hybridized carbons (Fsp3) is 0.742. The number of nitrogens with zero attached hydrogens (tertiary/aromatic N) is 3. The van der Waals surface area contributed by atoms with Crippen molar-refractivity contribution in [1.82, 2.24) is 9.62 Å². The minimum absolute atomic E-state index is 0.0803. The number of hydrogen-bond donors (Lipinski definition) is 2. The van der Waals surface area contributed by atoms with Crippen molar-refractivity contribution in [3.63, 3.8) is 0 Å². The Labute approximate surface area is 251 Å². The predicted octanol–water partition coefficient (Wildman–Crippen LogP) is 8.69. The van der Waals surface area contributed by atoms with Gasteiger partial charge in [-0.2, -0.15) is 0 Å². The molecule has 0 spiro atoms. The van der Waals surface area contributed by atoms with Crippen LogP contribution in [0.3, 0.4) is 0 Å². The lowest BCUT2D eigenvalue weighted by molar-refractivity contribution is 0.00672. The summed E-state index contributed by atoms with van der Waals surface area (Å²) in [5, 5.41) is 6.51. The number of nitrogens with one attached hydrogen (secondary N) is 2. The van der Waals surface area contributed by atoms with E-state index in [0.717, 1.165) is 62.8 Å². The Morgan fingerprint density at radius 3 is 2.39 bits per heavy atom. The van der Waals surface area contributed by atoms with E-state index in [9.17, 15) is 13.6 Å². The maximum absolute atomic E-state index is 13.5. The molecule has 0 aromatic heterocycles. The van der Waals surface area contributed by atoms with Gasteiger partial charge in [0, 0.05) is 57.5 Å². The average molecular weight is 598 g/mol. The van der Waals surface area contributed by atoms with Crippen molar-refractivity contribution < 1.29 is 18.3 Å². The normalized spacial score (nSPS) is 16.6. The first-order chi connectivity index (χ1) is 18.9. The predicted molar refractivity (Wildman–Crippen MR) is 171 cm³/mol. The van der Waals surface area contributed by atoms with Crippen LogP contribution in [0.1, 0.15) is 93.9 Å². The minimum atomic E-state index is -2.64. The maximum atomic E-state index is 13.5. The number of aliphatic imine (C=N–C) groups is 1. The second-order valence-corrected chi connectivity index (χ2v) is 14.6. The molecule has 1 saturated heterocycles. The van der Waals surface area contributed by atoms with Gasteiger partial charge in [0.2, 0.25) is 5.92 Å². The minimum Gasteiger partial charge on any atom is -0.444 e. The lowest BCUT2D eigenvalue weighted by atomic mass is 9.96. The Kier molecular flexibility index (Phi) is 13.2. The number of alkyl carbamates (subject to hydrolysis) is 1. The van der Waals surface area contributed by atoms with E-state index in [1.807, 2.05) is 40.1 Å². The average Bonchev–Trinajstić information content (AvgIpc) is 2.83. The SMILES string of the molecule is CCCC(CCC(C)(F)F)CNc1ccc(N(C)SN2CCC(NC(=O)OC(C)(C)C)CC2)cc1N=CC(C)(C)C. The van der Waals surface area contributed by atoms with Crippen molar-refractivity contribution in [2.24, 2.45) is 16.3 Å². The van der Waals surface area contributed by atoms with Gasteiger partial charge in [0.1, 0.15) is 5.60 Å². The molecule has 2 rings (SSSR count). The third-order valence-corrected chi connectivity index (χ3v) is 7.67. The topological polar surface area (TPSA) is 69.2 Å². The molecule has 1 atom stereocenters. The summed E-state index contributed by atoms with van der Waals surface area (Å²) in [5.41, 5.74) is 2.18. The lowest BCUT2D eigenvalue weighted by Gasteiger charge is -2.34. The highest BCUT2D eigenvalue weighted by atomic mass is 32.2. The largest absolute Gasteiger partial charge is 0.444 e. The van der Waals surface area contributed by atoms with Crippen molar-refractivity contribution in [3.05, 3.63) is 18.2 Å². The Morgan fingerprint density at radius 2 is 1.83 bits per heavy atom. The molecule has 41 heavy (non-hydrogen) atoms. The smallest absolute Gasteiger partial charge is 0.407 e. The summed E-state index contributed by atoms with van der Waals surface area (Å²) < 4.78 is 36.8. The number of ether oxygens (including phenoxy) is 1. The summed E-state index contributed by atoms with van der Waals surface area (Å²) in [6, 6.07) is 6.28. The van der Waals surface area contributed by atoms with Crippen molar-refractivity contribution in [3.8, 4) is 0 Å². The monoisotopic (exact) mass is 597 g/mol. The van der Waals surface area contributed by atoms with Crippen LogP contribution < -0.4 is 14.9 Å². The number of amides is 1. The fourth-order valence-electron chi connectivity index (χ4n) is 4.48. The number of benzene rings is 1. The highest BCUT2D eigenvalue weighted by Crippen LogP contribution is 2.35. The van der Waals surface area contributed by atoms with E-state index in [4.69, 9.17) is 9.73 Å². The van der Waals surface area contributed by atoms with Gasteiger partial charge in [-0.1, -0.05) is 34.1 Å². The number of alkyl halides is 2. The second kappa shape index (κ2) is 15.4. The number of carbonyl (C=O) groups excluding carboxylic acids is 1. The molecule has 0 radical (unpaired) electrons. The maximum Gasteiger partial charge on any atom is 0.407 e. The zero-order valence-corrected chi connectivity index (χ0v) is 27.5. The second-order valence-electron chi connectivity index (χ2n) is 13.4. The molecule has 10 heteroatoms. The Morgan fingerprint density at radius 1 is 1.17 bits per heavy atom. The molecule has 1 amide bonds. The summed E-state index contributed by atoms with van der Waals surface area (Å²) in [5.74, 6) is -2.46. The van der Waals surface area contributed by atoms with E-state index in [1.54, 1.807) is 12.1 Å². The molecule has 1 unspecified atom stereocenters. The Bertz CT molecular complexity index is 980. The molecular weight excluding hydrogens is 544 g/mol. The first-order valence-electron chi connectivity index (χ1n) is 14.9. The molecule has 7 nitrogen and oxygen atoms in total. The summed E-state index contributed by atoms with van der Waals surface area (Å²) in [7, 11) is 2.04. The molecule has 0 aliphatic carbocycles. The van der Waals surface area contributed by atoms with Gasteiger partial charge >= 0.3 is 6.09 Å². The standard InChI is InChI=1S/C31H53F2N5O2S/c1-10-11-23(14-17-31(8,32)33)21-34-26-13-12-25(20-27(26)35-22-29(2,3)4)37(9)41-38-18-15-24(16-19-38)36-28(39)40-30(5,6)7/h12-13,20,22-24,34H,10-11,14-19,21H2,1-9H3,(H,36,39). The van der Waals surface area contributed by atoms with E-state index in [0.29, 0.717) is 13.0 Å². The number of piperidine rings is 1. The van der Waals surface area contributed by atoms with Gasteiger partial charge in [0.05, 0.1) is 17.1 Å². The summed E-state index contributed by atoms with van der Waals surface area (Å²) in [6.45, 7) is 17.4. The number of anilines is 2. The molecule has 1 aliphatic heterocycles. The van der Waals surface area contributed by atoms with Gasteiger partial charge in [-0.3, -0.25) is 4.99 Å². The molecule has 1 aliphatic rings. The van der Waals surface area contributed by atoms with Crippen LogP contribution in [-0.4, -0.2) is 60.9 Å². The van der Waals surface area contributed by atoms with Crippen molar-refractivity contribution in [2.75, 3.05) is 36.3 Å². The van der Waals surface area contributed by atoms with Crippen LogP contribution in [0.15, 0.2) is 23.2 Å². The van der Waals surface area contributed by atoms with E-state index in [-0.39, 0.29) is 29.9 Å². The van der Waals surface area contributed by atoms with Crippen molar-refractivity contribution >= 4 is 41.5 Å². The van der Waals surface area contributed by atoms with Gasteiger partial charge in [-0.15, -0.1) is 0 Å². The Balaban J connectivity index is 2.04. The summed E-state index contributed by atoms with van der Waals surface area (Å²) in [4.78, 5) is 17.0. The molecular formula is C31H53F2N5O2S. The van der Waals surface area contributed by atoms with Gasteiger partial charge in [-0.25, -0.2) is 17.9 Å². The molecule has 1 heterocycles. The molecule has 234 valence electrons. The van der Waals surface area contributed by atoms with E-state index in [1.165, 1.54) is 0 Å². The van der Waals surface area contributed by atoms with Crippen molar-refractivity contribution in [2.45, 2.75) is 111 Å². The summed E-state index contributed by atoms with van der Waals surface area (Å²) in [6.07, 6.45) is 5.57. The zero-order valence-electron chi connectivity index (χ0n) is 26.7. The molecule has 1 aromatic carbocycles. The lowest BCUT2D eigenvalue weighted by Crippen LogP contribution is -2.45. The van der Waals surface area contributed by atoms with Gasteiger partial charge in [0.25, 0.3) is 0 Å².